The number of aliphatic hydroxyl groups excluding tert-OH is 1. The van der Waals surface area contributed by atoms with Crippen LogP contribution in [0.5, 0.6) is 0 Å². The molecule has 2 aliphatic rings. The van der Waals surface area contributed by atoms with Gasteiger partial charge >= 0.3 is 0 Å². The first-order valence-corrected chi connectivity index (χ1v) is 6.77. The Hall–Kier alpha value is -0.650. The number of amides is 1. The van der Waals surface area contributed by atoms with E-state index in [9.17, 15) is 9.90 Å². The zero-order valence-electron chi connectivity index (χ0n) is 11.0. The van der Waals surface area contributed by atoms with Crippen LogP contribution < -0.4 is 5.32 Å². The summed E-state index contributed by atoms with van der Waals surface area (Å²) in [6.07, 6.45) is 3.36. The number of ether oxygens (including phenoxy) is 2. The Morgan fingerprint density at radius 1 is 1.50 bits per heavy atom. The van der Waals surface area contributed by atoms with E-state index in [0.29, 0.717) is 25.7 Å². The minimum absolute atomic E-state index is 0.00332. The highest BCUT2D eigenvalue weighted by atomic mass is 16.6. The summed E-state index contributed by atoms with van der Waals surface area (Å²) in [4.78, 5) is 12.1. The minimum atomic E-state index is -0.528. The van der Waals surface area contributed by atoms with Gasteiger partial charge in [-0.25, -0.2) is 0 Å². The molecule has 2 N–H and O–H groups in total. The van der Waals surface area contributed by atoms with Crippen LogP contribution in [0.1, 0.15) is 32.6 Å². The molecule has 2 rings (SSSR count). The molecule has 18 heavy (non-hydrogen) atoms. The minimum Gasteiger partial charge on any atom is -0.394 e. The Balaban J connectivity index is 1.94. The SMILES string of the molecule is CC1CCCC(CO)(NC(=O)C2COCCO2)C1. The smallest absolute Gasteiger partial charge is 0.252 e. The number of carbonyl (C=O) groups is 1. The maximum Gasteiger partial charge on any atom is 0.252 e. The van der Waals surface area contributed by atoms with Crippen LogP contribution in [-0.4, -0.2) is 49.1 Å². The van der Waals surface area contributed by atoms with E-state index in [1.54, 1.807) is 0 Å². The third-order valence-electron chi connectivity index (χ3n) is 3.89. The molecule has 0 aromatic heterocycles. The van der Waals surface area contributed by atoms with E-state index in [-0.39, 0.29) is 12.5 Å². The van der Waals surface area contributed by atoms with Crippen molar-refractivity contribution in [3.63, 3.8) is 0 Å². The normalized spacial score (nSPS) is 37.2. The fraction of sp³-hybridized carbons (Fsp3) is 0.923. The van der Waals surface area contributed by atoms with Crippen molar-refractivity contribution in [3.8, 4) is 0 Å². The lowest BCUT2D eigenvalue weighted by Gasteiger charge is -2.40. The summed E-state index contributed by atoms with van der Waals surface area (Å²) in [5.41, 5.74) is -0.463. The monoisotopic (exact) mass is 257 g/mol. The summed E-state index contributed by atoms with van der Waals surface area (Å²) >= 11 is 0. The van der Waals surface area contributed by atoms with Gasteiger partial charge < -0.3 is 19.9 Å². The molecule has 0 radical (unpaired) electrons. The summed E-state index contributed by atoms with van der Waals surface area (Å²) in [6.45, 7) is 3.47. The van der Waals surface area contributed by atoms with E-state index in [2.05, 4.69) is 12.2 Å². The lowest BCUT2D eigenvalue weighted by atomic mass is 9.76. The van der Waals surface area contributed by atoms with Gasteiger partial charge in [0.25, 0.3) is 5.91 Å². The first-order valence-electron chi connectivity index (χ1n) is 6.77. The molecule has 0 spiro atoms. The maximum atomic E-state index is 12.1. The fourth-order valence-electron chi connectivity index (χ4n) is 2.94. The number of carbonyl (C=O) groups excluding carboxylic acids is 1. The van der Waals surface area contributed by atoms with Gasteiger partial charge in [-0.2, -0.15) is 0 Å². The number of hydrogen-bond donors (Lipinski definition) is 2. The zero-order valence-corrected chi connectivity index (χ0v) is 11.0. The first kappa shape index (κ1) is 13.8. The molecule has 0 aromatic carbocycles. The summed E-state index contributed by atoms with van der Waals surface area (Å²) in [5.74, 6) is 0.382. The number of nitrogens with one attached hydrogen (secondary N) is 1. The molecule has 1 amide bonds. The molecule has 1 heterocycles. The van der Waals surface area contributed by atoms with Crippen molar-refractivity contribution in [2.24, 2.45) is 5.92 Å². The van der Waals surface area contributed by atoms with Crippen LogP contribution in [0.15, 0.2) is 0 Å². The Bertz CT molecular complexity index is 291. The largest absolute Gasteiger partial charge is 0.394 e. The molecular weight excluding hydrogens is 234 g/mol. The Morgan fingerprint density at radius 3 is 2.94 bits per heavy atom. The maximum absolute atomic E-state index is 12.1. The van der Waals surface area contributed by atoms with Crippen molar-refractivity contribution < 1.29 is 19.4 Å². The lowest BCUT2D eigenvalue weighted by molar-refractivity contribution is -0.150. The molecule has 3 unspecified atom stereocenters. The third-order valence-corrected chi connectivity index (χ3v) is 3.89. The molecular formula is C13H23NO4. The van der Waals surface area contributed by atoms with Crippen LogP contribution in [0, 0.1) is 5.92 Å². The van der Waals surface area contributed by atoms with Crippen LogP contribution >= 0.6 is 0 Å². The van der Waals surface area contributed by atoms with Gasteiger partial charge in [-0.15, -0.1) is 0 Å². The lowest BCUT2D eigenvalue weighted by Crippen LogP contribution is -2.57. The molecule has 5 heteroatoms. The second-order valence-electron chi connectivity index (χ2n) is 5.56. The average Bonchev–Trinajstić information content (AvgIpc) is 2.39. The summed E-state index contributed by atoms with van der Waals surface area (Å²) in [7, 11) is 0. The van der Waals surface area contributed by atoms with E-state index >= 15 is 0 Å². The highest BCUT2D eigenvalue weighted by Crippen LogP contribution is 2.32. The quantitative estimate of drug-likeness (QED) is 0.771. The number of rotatable bonds is 3. The van der Waals surface area contributed by atoms with Crippen LogP contribution in [0.2, 0.25) is 0 Å². The molecule has 104 valence electrons. The van der Waals surface area contributed by atoms with Crippen molar-refractivity contribution >= 4 is 5.91 Å². The van der Waals surface area contributed by atoms with Gasteiger partial charge in [-0.1, -0.05) is 19.8 Å². The molecule has 1 aliphatic carbocycles. The van der Waals surface area contributed by atoms with Gasteiger partial charge in [0.1, 0.15) is 0 Å². The molecule has 2 fully saturated rings. The molecule has 5 nitrogen and oxygen atoms in total. The predicted molar refractivity (Wildman–Crippen MR) is 66.2 cm³/mol. The summed E-state index contributed by atoms with van der Waals surface area (Å²) in [6, 6.07) is 0. The van der Waals surface area contributed by atoms with Gasteiger partial charge in [0.05, 0.1) is 32.0 Å². The van der Waals surface area contributed by atoms with E-state index in [4.69, 9.17) is 9.47 Å². The number of hydrogen-bond acceptors (Lipinski definition) is 4. The van der Waals surface area contributed by atoms with Crippen LogP contribution in [-0.2, 0) is 14.3 Å². The molecule has 1 saturated carbocycles. The van der Waals surface area contributed by atoms with E-state index in [0.717, 1.165) is 19.3 Å². The highest BCUT2D eigenvalue weighted by Gasteiger charge is 2.37. The fourth-order valence-corrected chi connectivity index (χ4v) is 2.94. The molecule has 0 aromatic rings. The first-order chi connectivity index (χ1) is 8.65. The van der Waals surface area contributed by atoms with E-state index < -0.39 is 11.6 Å². The van der Waals surface area contributed by atoms with Crippen LogP contribution in [0.3, 0.4) is 0 Å². The van der Waals surface area contributed by atoms with E-state index in [1.807, 2.05) is 0 Å². The number of aliphatic hydroxyl groups is 1. The van der Waals surface area contributed by atoms with Crippen molar-refractivity contribution in [2.45, 2.75) is 44.2 Å². The molecule has 1 saturated heterocycles. The molecule has 0 bridgehead atoms. The summed E-state index contributed by atoms with van der Waals surface area (Å²) < 4.78 is 10.6. The van der Waals surface area contributed by atoms with Crippen molar-refractivity contribution in [2.75, 3.05) is 26.4 Å². The van der Waals surface area contributed by atoms with Gasteiger partial charge in [0.15, 0.2) is 6.10 Å². The van der Waals surface area contributed by atoms with Crippen molar-refractivity contribution in [1.82, 2.24) is 5.32 Å². The van der Waals surface area contributed by atoms with E-state index in [1.165, 1.54) is 6.42 Å². The Kier molecular flexibility index (Phi) is 4.59. The van der Waals surface area contributed by atoms with Gasteiger partial charge in [0.2, 0.25) is 0 Å². The van der Waals surface area contributed by atoms with Crippen LogP contribution in [0.25, 0.3) is 0 Å². The third kappa shape index (κ3) is 3.22. The van der Waals surface area contributed by atoms with Gasteiger partial charge in [0, 0.05) is 0 Å². The zero-order chi connectivity index (χ0) is 13.0. The highest BCUT2D eigenvalue weighted by molar-refractivity contribution is 5.81. The second kappa shape index (κ2) is 5.99. The van der Waals surface area contributed by atoms with Gasteiger partial charge in [-0.3, -0.25) is 4.79 Å². The molecule has 3 atom stereocenters. The standard InChI is InChI=1S/C13H23NO4/c1-10-3-2-4-13(7-10,9-15)14-12(16)11-8-17-5-6-18-11/h10-11,15H,2-9H2,1H3,(H,14,16). The van der Waals surface area contributed by atoms with Crippen LogP contribution in [0.4, 0.5) is 0 Å². The molecule has 1 aliphatic heterocycles. The van der Waals surface area contributed by atoms with Crippen molar-refractivity contribution in [1.29, 1.82) is 0 Å². The Labute approximate surface area is 108 Å². The van der Waals surface area contributed by atoms with Gasteiger partial charge in [-0.05, 0) is 18.8 Å². The average molecular weight is 257 g/mol. The second-order valence-corrected chi connectivity index (χ2v) is 5.56. The topological polar surface area (TPSA) is 67.8 Å². The Morgan fingerprint density at radius 2 is 2.33 bits per heavy atom. The summed E-state index contributed by atoms with van der Waals surface area (Å²) in [5, 5.41) is 12.6. The van der Waals surface area contributed by atoms with Crippen molar-refractivity contribution in [3.05, 3.63) is 0 Å². The predicted octanol–water partition coefficient (Wildman–Crippen LogP) is 0.459.